The number of methoxy groups -OCH3 is 1. The second-order valence-corrected chi connectivity index (χ2v) is 5.00. The van der Waals surface area contributed by atoms with Gasteiger partial charge in [0.05, 0.1) is 31.0 Å². The molecule has 0 saturated carbocycles. The lowest BCUT2D eigenvalue weighted by molar-refractivity contribution is -0.200. The highest BCUT2D eigenvalue weighted by atomic mass is 16.7. The predicted octanol–water partition coefficient (Wildman–Crippen LogP) is 1.60. The third-order valence-electron chi connectivity index (χ3n) is 3.81. The molecule has 0 aliphatic carbocycles. The molecule has 5 heteroatoms. The van der Waals surface area contributed by atoms with Crippen molar-refractivity contribution >= 4 is 0 Å². The maximum Gasteiger partial charge on any atom is 0.184 e. The van der Waals surface area contributed by atoms with Gasteiger partial charge < -0.3 is 18.9 Å². The van der Waals surface area contributed by atoms with Gasteiger partial charge in [0.2, 0.25) is 0 Å². The third kappa shape index (κ3) is 2.56. The number of fused-ring (bicyclic) bond motifs is 2. The predicted molar refractivity (Wildman–Crippen MR) is 69.8 cm³/mol. The number of hydrogen-bond acceptors (Lipinski definition) is 5. The van der Waals surface area contributed by atoms with Crippen molar-refractivity contribution in [1.82, 2.24) is 0 Å². The smallest absolute Gasteiger partial charge is 0.184 e. The molecule has 2 aliphatic rings. The van der Waals surface area contributed by atoms with E-state index in [9.17, 15) is 0 Å². The zero-order chi connectivity index (χ0) is 13.9. The minimum absolute atomic E-state index is 0.0411. The molecule has 4 atom stereocenters. The molecule has 2 saturated heterocycles. The first-order chi connectivity index (χ1) is 9.81. The first kappa shape index (κ1) is 13.5. The minimum Gasteiger partial charge on any atom is -0.376 e. The molecular weight excluding hydrogens is 258 g/mol. The van der Waals surface area contributed by atoms with Crippen LogP contribution in [0.3, 0.4) is 0 Å². The van der Waals surface area contributed by atoms with Crippen LogP contribution in [0.2, 0.25) is 0 Å². The molecule has 1 aromatic carbocycles. The number of ether oxygens (including phenoxy) is 4. The molecule has 3 rings (SSSR count). The Kier molecular flexibility index (Phi) is 3.99. The number of rotatable bonds is 4. The van der Waals surface area contributed by atoms with E-state index in [-0.39, 0.29) is 24.6 Å². The van der Waals surface area contributed by atoms with Crippen molar-refractivity contribution in [3.8, 4) is 6.07 Å². The Bertz CT molecular complexity index is 513. The quantitative estimate of drug-likeness (QED) is 0.835. The Morgan fingerprint density at radius 2 is 2.20 bits per heavy atom. The SMILES string of the molecule is CO[C@@H]1C[C@H](OCc2ccccc2C#N)[C@H]2CO[C@@H]1O2. The van der Waals surface area contributed by atoms with Crippen LogP contribution in [-0.4, -0.2) is 38.3 Å². The van der Waals surface area contributed by atoms with Crippen LogP contribution < -0.4 is 0 Å². The summed E-state index contributed by atoms with van der Waals surface area (Å²) in [4.78, 5) is 0. The molecule has 106 valence electrons. The lowest BCUT2D eigenvalue weighted by Gasteiger charge is -2.32. The fraction of sp³-hybridized carbons (Fsp3) is 0.533. The van der Waals surface area contributed by atoms with E-state index < -0.39 is 0 Å². The van der Waals surface area contributed by atoms with Crippen molar-refractivity contribution in [2.75, 3.05) is 13.7 Å². The highest BCUT2D eigenvalue weighted by Gasteiger charge is 2.44. The van der Waals surface area contributed by atoms with E-state index >= 15 is 0 Å². The van der Waals surface area contributed by atoms with Gasteiger partial charge in [0, 0.05) is 13.5 Å². The van der Waals surface area contributed by atoms with Crippen LogP contribution in [0.1, 0.15) is 17.5 Å². The van der Waals surface area contributed by atoms with Crippen LogP contribution >= 0.6 is 0 Å². The summed E-state index contributed by atoms with van der Waals surface area (Å²) in [5.41, 5.74) is 1.54. The summed E-state index contributed by atoms with van der Waals surface area (Å²) >= 11 is 0. The molecule has 0 aromatic heterocycles. The average Bonchev–Trinajstić information content (AvgIpc) is 2.91. The Labute approximate surface area is 118 Å². The number of benzene rings is 1. The van der Waals surface area contributed by atoms with Gasteiger partial charge in [-0.25, -0.2) is 0 Å². The lowest BCUT2D eigenvalue weighted by atomic mass is 10.0. The second kappa shape index (κ2) is 5.90. The van der Waals surface area contributed by atoms with E-state index in [1.807, 2.05) is 18.2 Å². The van der Waals surface area contributed by atoms with Crippen molar-refractivity contribution in [3.63, 3.8) is 0 Å². The van der Waals surface area contributed by atoms with Crippen LogP contribution in [0, 0.1) is 11.3 Å². The van der Waals surface area contributed by atoms with Gasteiger partial charge in [0.1, 0.15) is 12.2 Å². The summed E-state index contributed by atoms with van der Waals surface area (Å²) < 4.78 is 22.6. The molecule has 0 unspecified atom stereocenters. The van der Waals surface area contributed by atoms with Crippen molar-refractivity contribution in [2.45, 2.75) is 37.6 Å². The van der Waals surface area contributed by atoms with E-state index in [0.717, 1.165) is 12.0 Å². The zero-order valence-corrected chi connectivity index (χ0v) is 11.3. The molecule has 0 N–H and O–H groups in total. The standard InChI is InChI=1S/C15H17NO4/c1-17-13-6-12(14-9-19-15(13)20-14)18-8-11-5-3-2-4-10(11)7-16/h2-5,12-15H,6,8-9H2,1H3/t12-,13+,14+,15+/m0/s1. The van der Waals surface area contributed by atoms with Crippen LogP contribution in [-0.2, 0) is 25.6 Å². The van der Waals surface area contributed by atoms with Gasteiger partial charge >= 0.3 is 0 Å². The first-order valence-corrected chi connectivity index (χ1v) is 6.71. The van der Waals surface area contributed by atoms with Gasteiger partial charge in [0.15, 0.2) is 6.29 Å². The maximum atomic E-state index is 9.07. The number of hydrogen-bond donors (Lipinski definition) is 0. The first-order valence-electron chi connectivity index (χ1n) is 6.71. The molecule has 20 heavy (non-hydrogen) atoms. The van der Waals surface area contributed by atoms with Crippen molar-refractivity contribution in [1.29, 1.82) is 5.26 Å². The second-order valence-electron chi connectivity index (χ2n) is 5.00. The monoisotopic (exact) mass is 275 g/mol. The Balaban J connectivity index is 1.65. The fourth-order valence-corrected chi connectivity index (χ4v) is 2.66. The molecule has 2 bridgehead atoms. The number of nitrogens with zero attached hydrogens (tertiary/aromatic N) is 1. The summed E-state index contributed by atoms with van der Waals surface area (Å²) in [6, 6.07) is 9.63. The molecule has 0 amide bonds. The van der Waals surface area contributed by atoms with E-state index in [0.29, 0.717) is 18.8 Å². The molecule has 0 spiro atoms. The fourth-order valence-electron chi connectivity index (χ4n) is 2.66. The van der Waals surface area contributed by atoms with Crippen LogP contribution in [0.5, 0.6) is 0 Å². The van der Waals surface area contributed by atoms with Crippen LogP contribution in [0.4, 0.5) is 0 Å². The maximum absolute atomic E-state index is 9.07. The lowest BCUT2D eigenvalue weighted by Crippen LogP contribution is -2.44. The summed E-state index contributed by atoms with van der Waals surface area (Å²) in [5.74, 6) is 0. The van der Waals surface area contributed by atoms with Gasteiger partial charge in [-0.05, 0) is 11.6 Å². The molecule has 1 aromatic rings. The summed E-state index contributed by atoms with van der Waals surface area (Å²) in [5, 5.41) is 9.07. The zero-order valence-electron chi connectivity index (χ0n) is 11.3. The average molecular weight is 275 g/mol. The van der Waals surface area contributed by atoms with E-state index in [1.165, 1.54) is 0 Å². The Hall–Kier alpha value is -1.45. The van der Waals surface area contributed by atoms with E-state index in [4.69, 9.17) is 24.2 Å². The third-order valence-corrected chi connectivity index (χ3v) is 3.81. The van der Waals surface area contributed by atoms with Gasteiger partial charge in [-0.2, -0.15) is 5.26 Å². The largest absolute Gasteiger partial charge is 0.376 e. The van der Waals surface area contributed by atoms with Crippen LogP contribution in [0.15, 0.2) is 24.3 Å². The Morgan fingerprint density at radius 1 is 1.35 bits per heavy atom. The van der Waals surface area contributed by atoms with Crippen molar-refractivity contribution < 1.29 is 18.9 Å². The minimum atomic E-state index is -0.267. The van der Waals surface area contributed by atoms with Gasteiger partial charge in [-0.15, -0.1) is 0 Å². The van der Waals surface area contributed by atoms with E-state index in [1.54, 1.807) is 13.2 Å². The van der Waals surface area contributed by atoms with Crippen molar-refractivity contribution in [2.24, 2.45) is 0 Å². The summed E-state index contributed by atoms with van der Waals surface area (Å²) in [6.45, 7) is 0.935. The molecule has 2 fully saturated rings. The highest BCUT2D eigenvalue weighted by molar-refractivity contribution is 5.36. The molecule has 0 radical (unpaired) electrons. The Morgan fingerprint density at radius 3 is 3.00 bits per heavy atom. The number of nitriles is 1. The van der Waals surface area contributed by atoms with Crippen molar-refractivity contribution in [3.05, 3.63) is 35.4 Å². The summed E-state index contributed by atoms with van der Waals surface area (Å²) in [7, 11) is 1.65. The van der Waals surface area contributed by atoms with Gasteiger partial charge in [-0.3, -0.25) is 0 Å². The summed E-state index contributed by atoms with van der Waals surface area (Å²) in [6.07, 6.45) is 0.285. The highest BCUT2D eigenvalue weighted by Crippen LogP contribution is 2.31. The molecular formula is C15H17NO4. The molecule has 5 nitrogen and oxygen atoms in total. The molecule has 2 heterocycles. The van der Waals surface area contributed by atoms with E-state index in [2.05, 4.69) is 6.07 Å². The topological polar surface area (TPSA) is 60.7 Å². The molecule has 2 aliphatic heterocycles. The van der Waals surface area contributed by atoms with Gasteiger partial charge in [0.25, 0.3) is 0 Å². The normalized spacial score (nSPS) is 32.0. The van der Waals surface area contributed by atoms with Crippen LogP contribution in [0.25, 0.3) is 0 Å². The van der Waals surface area contributed by atoms with Gasteiger partial charge in [-0.1, -0.05) is 18.2 Å².